The molecule has 0 saturated carbocycles. The molecule has 1 nitrogen and oxygen atoms in total. The zero-order valence-corrected chi connectivity index (χ0v) is 5.99. The van der Waals surface area contributed by atoms with Gasteiger partial charge in [-0.3, -0.25) is 0 Å². The Morgan fingerprint density at radius 1 is 1.25 bits per heavy atom. The molecule has 0 saturated heterocycles. The van der Waals surface area contributed by atoms with Gasteiger partial charge in [0.05, 0.1) is 0 Å². The molecule has 0 radical (unpaired) electrons. The van der Waals surface area contributed by atoms with Crippen molar-refractivity contribution in [2.45, 2.75) is 27.2 Å². The van der Waals surface area contributed by atoms with E-state index >= 15 is 0 Å². The van der Waals surface area contributed by atoms with E-state index in [0.29, 0.717) is 0 Å². The number of allylic oxidation sites excluding steroid dienone is 1. The summed E-state index contributed by atoms with van der Waals surface area (Å²) in [6, 6.07) is 0. The fraction of sp³-hybridized carbons (Fsp3) is 0.714. The van der Waals surface area contributed by atoms with Gasteiger partial charge in [0.1, 0.15) is 0 Å². The summed E-state index contributed by atoms with van der Waals surface area (Å²) < 4.78 is 0. The second-order valence-corrected chi connectivity index (χ2v) is 2.32. The lowest BCUT2D eigenvalue weighted by Crippen LogP contribution is -1.99. The minimum Gasteiger partial charge on any atom is -0.330 e. The molecule has 1 heteroatoms. The molecule has 8 heavy (non-hydrogen) atoms. The van der Waals surface area contributed by atoms with E-state index in [1.807, 2.05) is 0 Å². The van der Waals surface area contributed by atoms with Crippen molar-refractivity contribution in [1.82, 2.24) is 0 Å². The van der Waals surface area contributed by atoms with Gasteiger partial charge >= 0.3 is 0 Å². The first-order valence-electron chi connectivity index (χ1n) is 3.01. The van der Waals surface area contributed by atoms with Crippen LogP contribution < -0.4 is 5.73 Å². The van der Waals surface area contributed by atoms with Gasteiger partial charge in [-0.1, -0.05) is 11.1 Å². The minimum atomic E-state index is 0.775. The molecule has 0 aliphatic carbocycles. The molecule has 48 valence electrons. The van der Waals surface area contributed by atoms with Gasteiger partial charge in [0.15, 0.2) is 0 Å². The van der Waals surface area contributed by atoms with Crippen LogP contribution in [0.1, 0.15) is 27.2 Å². The Hall–Kier alpha value is -0.300. The van der Waals surface area contributed by atoms with E-state index in [4.69, 9.17) is 5.73 Å². The van der Waals surface area contributed by atoms with Crippen LogP contribution in [0, 0.1) is 0 Å². The van der Waals surface area contributed by atoms with Crippen molar-refractivity contribution in [3.05, 3.63) is 11.1 Å². The SMILES string of the molecule is CC(C)=C(C)CCN. The smallest absolute Gasteiger partial charge is 0.00400 e. The zero-order chi connectivity index (χ0) is 6.57. The number of hydrogen-bond acceptors (Lipinski definition) is 1. The Labute approximate surface area is 51.6 Å². The van der Waals surface area contributed by atoms with Gasteiger partial charge in [0.25, 0.3) is 0 Å². The normalized spacial score (nSPS) is 9.00. The van der Waals surface area contributed by atoms with Crippen LogP contribution in [0.15, 0.2) is 11.1 Å². The third-order valence-corrected chi connectivity index (χ3v) is 1.37. The highest BCUT2D eigenvalue weighted by molar-refractivity contribution is 5.06. The molecule has 0 atom stereocenters. The summed E-state index contributed by atoms with van der Waals surface area (Å²) in [6.07, 6.45) is 1.04. The second kappa shape index (κ2) is 3.67. The Morgan fingerprint density at radius 3 is 1.88 bits per heavy atom. The van der Waals surface area contributed by atoms with Crippen LogP contribution in [0.5, 0.6) is 0 Å². The van der Waals surface area contributed by atoms with Crippen molar-refractivity contribution < 1.29 is 0 Å². The van der Waals surface area contributed by atoms with Gasteiger partial charge in [0, 0.05) is 0 Å². The molecule has 0 spiro atoms. The maximum atomic E-state index is 5.33. The van der Waals surface area contributed by atoms with Gasteiger partial charge < -0.3 is 5.73 Å². The van der Waals surface area contributed by atoms with E-state index in [2.05, 4.69) is 20.8 Å². The Morgan fingerprint density at radius 2 is 1.75 bits per heavy atom. The summed E-state index contributed by atoms with van der Waals surface area (Å²) in [5, 5.41) is 0. The first kappa shape index (κ1) is 7.70. The van der Waals surface area contributed by atoms with E-state index in [0.717, 1.165) is 13.0 Å². The van der Waals surface area contributed by atoms with E-state index < -0.39 is 0 Å². The molecule has 2 N–H and O–H groups in total. The van der Waals surface area contributed by atoms with Gasteiger partial charge in [-0.25, -0.2) is 0 Å². The molecule has 0 rings (SSSR count). The molecule has 0 aliphatic rings. The van der Waals surface area contributed by atoms with Crippen LogP contribution in [-0.2, 0) is 0 Å². The molecule has 0 aromatic carbocycles. The average molecular weight is 113 g/mol. The minimum absolute atomic E-state index is 0.775. The molecule has 0 aromatic rings. The number of nitrogens with two attached hydrogens (primary N) is 1. The van der Waals surface area contributed by atoms with Crippen molar-refractivity contribution in [3.8, 4) is 0 Å². The largest absolute Gasteiger partial charge is 0.330 e. The summed E-state index contributed by atoms with van der Waals surface area (Å²) in [6.45, 7) is 7.13. The van der Waals surface area contributed by atoms with Crippen molar-refractivity contribution in [2.24, 2.45) is 5.73 Å². The zero-order valence-electron chi connectivity index (χ0n) is 5.99. The summed E-state index contributed by atoms with van der Waals surface area (Å²) in [4.78, 5) is 0. The van der Waals surface area contributed by atoms with Crippen LogP contribution in [0.3, 0.4) is 0 Å². The Balaban J connectivity index is 3.62. The van der Waals surface area contributed by atoms with Gasteiger partial charge in [-0.15, -0.1) is 0 Å². The number of rotatable bonds is 2. The second-order valence-electron chi connectivity index (χ2n) is 2.32. The molecule has 0 fully saturated rings. The lowest BCUT2D eigenvalue weighted by molar-refractivity contribution is 0.931. The Bertz CT molecular complexity index is 88.6. The van der Waals surface area contributed by atoms with Crippen molar-refractivity contribution in [3.63, 3.8) is 0 Å². The van der Waals surface area contributed by atoms with Gasteiger partial charge in [0.2, 0.25) is 0 Å². The third kappa shape index (κ3) is 2.80. The fourth-order valence-electron chi connectivity index (χ4n) is 0.467. The molecule has 0 bridgehead atoms. The molecule has 0 amide bonds. The maximum Gasteiger partial charge on any atom is -0.00400 e. The van der Waals surface area contributed by atoms with Crippen molar-refractivity contribution in [2.75, 3.05) is 6.54 Å². The average Bonchev–Trinajstić information content (AvgIpc) is 1.67. The molecule has 0 heterocycles. The van der Waals surface area contributed by atoms with Gasteiger partial charge in [-0.05, 0) is 33.7 Å². The summed E-state index contributed by atoms with van der Waals surface area (Å²) in [7, 11) is 0. The highest BCUT2D eigenvalue weighted by Crippen LogP contribution is 2.03. The van der Waals surface area contributed by atoms with E-state index in [1.54, 1.807) is 0 Å². The van der Waals surface area contributed by atoms with Crippen molar-refractivity contribution >= 4 is 0 Å². The summed E-state index contributed by atoms with van der Waals surface area (Å²) >= 11 is 0. The van der Waals surface area contributed by atoms with E-state index in [9.17, 15) is 0 Å². The molecule has 0 aliphatic heterocycles. The fourth-order valence-corrected chi connectivity index (χ4v) is 0.467. The first-order valence-corrected chi connectivity index (χ1v) is 3.01. The van der Waals surface area contributed by atoms with Crippen LogP contribution in [0.25, 0.3) is 0 Å². The number of hydrogen-bond donors (Lipinski definition) is 1. The highest BCUT2D eigenvalue weighted by atomic mass is 14.5. The monoisotopic (exact) mass is 113 g/mol. The standard InChI is InChI=1S/C7H15N/c1-6(2)7(3)4-5-8/h4-5,8H2,1-3H3. The molecule has 0 aromatic heterocycles. The predicted molar refractivity (Wildman–Crippen MR) is 37.7 cm³/mol. The molecule has 0 unspecified atom stereocenters. The van der Waals surface area contributed by atoms with E-state index in [1.165, 1.54) is 11.1 Å². The third-order valence-electron chi connectivity index (χ3n) is 1.37. The Kier molecular flexibility index (Phi) is 3.53. The quantitative estimate of drug-likeness (QED) is 0.542. The van der Waals surface area contributed by atoms with Crippen LogP contribution in [-0.4, -0.2) is 6.54 Å². The van der Waals surface area contributed by atoms with Gasteiger partial charge in [-0.2, -0.15) is 0 Å². The lowest BCUT2D eigenvalue weighted by atomic mass is 10.1. The highest BCUT2D eigenvalue weighted by Gasteiger charge is 1.87. The summed E-state index contributed by atoms with van der Waals surface area (Å²) in [5.74, 6) is 0. The van der Waals surface area contributed by atoms with Crippen LogP contribution in [0.4, 0.5) is 0 Å². The van der Waals surface area contributed by atoms with Crippen LogP contribution in [0.2, 0.25) is 0 Å². The molecular weight excluding hydrogens is 98.1 g/mol. The first-order chi connectivity index (χ1) is 3.68. The molecular formula is C7H15N. The van der Waals surface area contributed by atoms with Crippen LogP contribution >= 0.6 is 0 Å². The summed E-state index contributed by atoms with van der Waals surface area (Å²) in [5.41, 5.74) is 8.16. The van der Waals surface area contributed by atoms with E-state index in [-0.39, 0.29) is 0 Å². The predicted octanol–water partition coefficient (Wildman–Crippen LogP) is 1.69. The van der Waals surface area contributed by atoms with Crippen molar-refractivity contribution in [1.29, 1.82) is 0 Å². The topological polar surface area (TPSA) is 26.0 Å². The maximum absolute atomic E-state index is 5.33. The lowest BCUT2D eigenvalue weighted by Gasteiger charge is -1.98.